The van der Waals surface area contributed by atoms with Crippen LogP contribution in [0.1, 0.15) is 27.9 Å². The van der Waals surface area contributed by atoms with Crippen LogP contribution >= 0.6 is 35.6 Å². The van der Waals surface area contributed by atoms with Crippen molar-refractivity contribution in [3.05, 3.63) is 62.9 Å². The van der Waals surface area contributed by atoms with E-state index in [1.165, 1.54) is 17.0 Å². The maximum absolute atomic E-state index is 14.8. The molecular formula is C21H21Cl3FN3O3. The molecule has 0 aromatic heterocycles. The number of carbonyl (C=O) groups is 2. The van der Waals surface area contributed by atoms with Crippen LogP contribution in [0.3, 0.4) is 0 Å². The van der Waals surface area contributed by atoms with Crippen molar-refractivity contribution < 1.29 is 19.1 Å². The SMILES string of the molecule is Cl.O=C(O)CN1CCc2ccc(NC3(c4c(F)ccc(Cl)c4Cl)CCNC3)cc2C1=O. The largest absolute Gasteiger partial charge is 0.480 e. The van der Waals surface area contributed by atoms with Crippen molar-refractivity contribution in [3.63, 3.8) is 0 Å². The highest BCUT2D eigenvalue weighted by atomic mass is 35.5. The summed E-state index contributed by atoms with van der Waals surface area (Å²) in [6.45, 7) is 1.11. The number of nitrogens with zero attached hydrogens (tertiary/aromatic N) is 1. The third-order valence-electron chi connectivity index (χ3n) is 5.67. The first-order chi connectivity index (χ1) is 14.3. The van der Waals surface area contributed by atoms with E-state index in [4.69, 9.17) is 28.3 Å². The van der Waals surface area contributed by atoms with Crippen LogP contribution < -0.4 is 10.6 Å². The number of rotatable bonds is 5. The molecule has 0 radical (unpaired) electrons. The number of amides is 1. The minimum atomic E-state index is -1.05. The summed E-state index contributed by atoms with van der Waals surface area (Å²) in [5, 5.41) is 16.1. The van der Waals surface area contributed by atoms with Gasteiger partial charge in [-0.15, -0.1) is 12.4 Å². The Bertz CT molecular complexity index is 1030. The average Bonchev–Trinajstić information content (AvgIpc) is 3.16. The third-order valence-corrected chi connectivity index (χ3v) is 6.47. The van der Waals surface area contributed by atoms with E-state index in [1.54, 1.807) is 6.07 Å². The lowest BCUT2D eigenvalue weighted by molar-refractivity contribution is -0.137. The second kappa shape index (κ2) is 9.20. The zero-order valence-electron chi connectivity index (χ0n) is 16.4. The fourth-order valence-electron chi connectivity index (χ4n) is 4.23. The Morgan fingerprint density at radius 1 is 1.29 bits per heavy atom. The summed E-state index contributed by atoms with van der Waals surface area (Å²) >= 11 is 12.5. The molecular weight excluding hydrogens is 468 g/mol. The number of carboxylic acid groups (broad SMARTS) is 1. The number of hydrogen-bond donors (Lipinski definition) is 3. The highest BCUT2D eigenvalue weighted by molar-refractivity contribution is 6.42. The topological polar surface area (TPSA) is 81.7 Å². The third kappa shape index (κ3) is 4.46. The van der Waals surface area contributed by atoms with Crippen LogP contribution in [0.5, 0.6) is 0 Å². The van der Waals surface area contributed by atoms with E-state index in [0.29, 0.717) is 49.3 Å². The van der Waals surface area contributed by atoms with Gasteiger partial charge in [-0.2, -0.15) is 0 Å². The van der Waals surface area contributed by atoms with Crippen LogP contribution in [0.15, 0.2) is 30.3 Å². The lowest BCUT2D eigenvalue weighted by Gasteiger charge is -2.34. The van der Waals surface area contributed by atoms with Gasteiger partial charge in [0.25, 0.3) is 5.91 Å². The quantitative estimate of drug-likeness (QED) is 0.556. The van der Waals surface area contributed by atoms with E-state index in [9.17, 15) is 14.0 Å². The number of carbonyl (C=O) groups excluding carboxylic acids is 1. The molecule has 2 aromatic rings. The van der Waals surface area contributed by atoms with Gasteiger partial charge in [-0.1, -0.05) is 29.3 Å². The van der Waals surface area contributed by atoms with Gasteiger partial charge in [-0.05, 0) is 49.2 Å². The molecule has 6 nitrogen and oxygen atoms in total. The van der Waals surface area contributed by atoms with Gasteiger partial charge in [-0.3, -0.25) is 9.59 Å². The van der Waals surface area contributed by atoms with E-state index >= 15 is 0 Å². The number of halogens is 4. The van der Waals surface area contributed by atoms with Crippen molar-refractivity contribution in [3.8, 4) is 0 Å². The van der Waals surface area contributed by atoms with Crippen LogP contribution in [0.4, 0.5) is 10.1 Å². The van der Waals surface area contributed by atoms with Gasteiger partial charge >= 0.3 is 5.97 Å². The number of anilines is 1. The zero-order chi connectivity index (χ0) is 21.5. The molecule has 2 aromatic carbocycles. The summed E-state index contributed by atoms with van der Waals surface area (Å²) in [4.78, 5) is 25.1. The molecule has 2 aliphatic heterocycles. The summed E-state index contributed by atoms with van der Waals surface area (Å²) in [6, 6.07) is 8.11. The first-order valence-corrected chi connectivity index (χ1v) is 10.3. The average molecular weight is 489 g/mol. The van der Waals surface area contributed by atoms with E-state index in [1.807, 2.05) is 12.1 Å². The fraction of sp³-hybridized carbons (Fsp3) is 0.333. The van der Waals surface area contributed by atoms with Crippen molar-refractivity contribution in [2.45, 2.75) is 18.4 Å². The van der Waals surface area contributed by atoms with Gasteiger partial charge < -0.3 is 20.6 Å². The lowest BCUT2D eigenvalue weighted by atomic mass is 9.87. The molecule has 1 atom stereocenters. The van der Waals surface area contributed by atoms with Crippen molar-refractivity contribution in [1.82, 2.24) is 10.2 Å². The summed E-state index contributed by atoms with van der Waals surface area (Å²) in [6.07, 6.45) is 1.15. The van der Waals surface area contributed by atoms with Gasteiger partial charge in [0.1, 0.15) is 12.4 Å². The number of fused-ring (bicyclic) bond motifs is 1. The maximum Gasteiger partial charge on any atom is 0.323 e. The normalized spacial score (nSPS) is 20.2. The Balaban J connectivity index is 0.00000272. The molecule has 1 saturated heterocycles. The molecule has 3 N–H and O–H groups in total. The Kier molecular flexibility index (Phi) is 7.01. The van der Waals surface area contributed by atoms with Gasteiger partial charge in [0.15, 0.2) is 0 Å². The van der Waals surface area contributed by atoms with Crippen molar-refractivity contribution >= 4 is 53.2 Å². The van der Waals surface area contributed by atoms with Crippen LogP contribution in [-0.4, -0.2) is 48.1 Å². The molecule has 2 aliphatic rings. The monoisotopic (exact) mass is 487 g/mol. The number of aliphatic carboxylic acids is 1. The number of hydrogen-bond acceptors (Lipinski definition) is 4. The molecule has 166 valence electrons. The molecule has 1 amide bonds. The molecule has 0 bridgehead atoms. The summed E-state index contributed by atoms with van der Waals surface area (Å²) < 4.78 is 14.8. The summed E-state index contributed by atoms with van der Waals surface area (Å²) in [7, 11) is 0. The first-order valence-electron chi connectivity index (χ1n) is 9.57. The molecule has 0 aliphatic carbocycles. The van der Waals surface area contributed by atoms with Crippen molar-refractivity contribution in [1.29, 1.82) is 0 Å². The van der Waals surface area contributed by atoms with Crippen LogP contribution in [0, 0.1) is 5.82 Å². The highest BCUT2D eigenvalue weighted by Crippen LogP contribution is 2.41. The number of carboxylic acids is 1. The van der Waals surface area contributed by atoms with Gasteiger partial charge in [0.05, 0.1) is 15.6 Å². The van der Waals surface area contributed by atoms with Crippen LogP contribution in [0.25, 0.3) is 0 Å². The van der Waals surface area contributed by atoms with E-state index in [-0.39, 0.29) is 34.9 Å². The van der Waals surface area contributed by atoms with Gasteiger partial charge in [0.2, 0.25) is 0 Å². The van der Waals surface area contributed by atoms with E-state index < -0.39 is 17.3 Å². The number of benzene rings is 2. The fourth-order valence-corrected chi connectivity index (χ4v) is 4.72. The molecule has 1 unspecified atom stereocenters. The zero-order valence-corrected chi connectivity index (χ0v) is 18.7. The molecule has 10 heteroatoms. The summed E-state index contributed by atoms with van der Waals surface area (Å²) in [5.41, 5.74) is 1.39. The Morgan fingerprint density at radius 2 is 2.06 bits per heavy atom. The second-order valence-electron chi connectivity index (χ2n) is 7.59. The van der Waals surface area contributed by atoms with Crippen LogP contribution in [0.2, 0.25) is 10.0 Å². The van der Waals surface area contributed by atoms with Crippen LogP contribution in [-0.2, 0) is 16.8 Å². The molecule has 31 heavy (non-hydrogen) atoms. The smallest absolute Gasteiger partial charge is 0.323 e. The van der Waals surface area contributed by atoms with E-state index in [2.05, 4.69) is 10.6 Å². The molecule has 1 fully saturated rings. The Hall–Kier alpha value is -2.06. The molecule has 0 saturated carbocycles. The minimum absolute atomic E-state index is 0. The van der Waals surface area contributed by atoms with Gasteiger partial charge in [0, 0.05) is 29.9 Å². The minimum Gasteiger partial charge on any atom is -0.480 e. The van der Waals surface area contributed by atoms with Crippen molar-refractivity contribution in [2.75, 3.05) is 31.5 Å². The van der Waals surface area contributed by atoms with Crippen molar-refractivity contribution in [2.24, 2.45) is 0 Å². The molecule has 2 heterocycles. The predicted molar refractivity (Wildman–Crippen MR) is 120 cm³/mol. The summed E-state index contributed by atoms with van der Waals surface area (Å²) in [5.74, 6) is -1.83. The maximum atomic E-state index is 14.8. The predicted octanol–water partition coefficient (Wildman–Crippen LogP) is 3.94. The molecule has 4 rings (SSSR count). The van der Waals surface area contributed by atoms with E-state index in [0.717, 1.165) is 5.56 Å². The Morgan fingerprint density at radius 3 is 2.74 bits per heavy atom. The Labute approximate surface area is 195 Å². The lowest BCUT2D eigenvalue weighted by Crippen LogP contribution is -2.41. The standard InChI is InChI=1S/C21H20Cl2FN3O3.ClH/c22-15-3-4-16(24)18(19(15)23)21(6-7-25-11-21)26-13-2-1-12-5-8-27(10-17(28)29)20(30)14(12)9-13;/h1-4,9,25-26H,5-8,10-11H2,(H,28,29);1H. The van der Waals surface area contributed by atoms with Gasteiger partial charge in [-0.25, -0.2) is 4.39 Å². The molecule has 0 spiro atoms. The first kappa shape index (κ1) is 23.6. The number of nitrogens with one attached hydrogen (secondary N) is 2. The second-order valence-corrected chi connectivity index (χ2v) is 8.38. The highest BCUT2D eigenvalue weighted by Gasteiger charge is 2.40.